The summed E-state index contributed by atoms with van der Waals surface area (Å²) < 4.78 is 76.0. The molecule has 0 aromatic heterocycles. The SMILES string of the molecule is CCN(CC)CC=Cc1cc(F)ccc1S(=O)(=O)Nc1ccc2c(c1C(=O)O)OC[C@@H]1[C@H]2C1(F)F. The highest BCUT2D eigenvalue weighted by molar-refractivity contribution is 7.92. The molecular formula is C24H25F3N2O5S. The summed E-state index contributed by atoms with van der Waals surface area (Å²) in [6.07, 6.45) is 3.20. The lowest BCUT2D eigenvalue weighted by Crippen LogP contribution is -2.22. The van der Waals surface area contributed by atoms with Crippen molar-refractivity contribution in [1.29, 1.82) is 0 Å². The molecule has 4 rings (SSSR count). The van der Waals surface area contributed by atoms with Gasteiger partial charge in [-0.2, -0.15) is 0 Å². The summed E-state index contributed by atoms with van der Waals surface area (Å²) >= 11 is 0. The normalized spacial score (nSPS) is 20.3. The zero-order valence-corrected chi connectivity index (χ0v) is 19.9. The molecular weight excluding hydrogens is 485 g/mol. The summed E-state index contributed by atoms with van der Waals surface area (Å²) in [7, 11) is -4.38. The van der Waals surface area contributed by atoms with Gasteiger partial charge in [-0.15, -0.1) is 0 Å². The van der Waals surface area contributed by atoms with Crippen LogP contribution < -0.4 is 9.46 Å². The predicted molar refractivity (Wildman–Crippen MR) is 124 cm³/mol. The van der Waals surface area contributed by atoms with Crippen LogP contribution >= 0.6 is 0 Å². The van der Waals surface area contributed by atoms with E-state index < -0.39 is 45.1 Å². The van der Waals surface area contributed by atoms with Crippen molar-refractivity contribution < 1.29 is 36.2 Å². The van der Waals surface area contributed by atoms with Crippen LogP contribution in [0.5, 0.6) is 5.75 Å². The fraction of sp³-hybridized carbons (Fsp3) is 0.375. The molecule has 0 spiro atoms. The Balaban J connectivity index is 1.69. The zero-order chi connectivity index (χ0) is 25.5. The van der Waals surface area contributed by atoms with E-state index >= 15 is 0 Å². The second kappa shape index (κ2) is 9.19. The summed E-state index contributed by atoms with van der Waals surface area (Å²) in [6, 6.07) is 5.53. The number of nitrogens with zero attached hydrogens (tertiary/aromatic N) is 1. The van der Waals surface area contributed by atoms with Gasteiger partial charge >= 0.3 is 5.97 Å². The van der Waals surface area contributed by atoms with Gasteiger partial charge in [-0.05, 0) is 42.9 Å². The van der Waals surface area contributed by atoms with Gasteiger partial charge < -0.3 is 14.7 Å². The third-order valence-electron chi connectivity index (χ3n) is 6.41. The molecule has 0 bridgehead atoms. The lowest BCUT2D eigenvalue weighted by molar-refractivity contribution is 0.0691. The molecule has 0 saturated heterocycles. The fourth-order valence-electron chi connectivity index (χ4n) is 4.40. The fourth-order valence-corrected chi connectivity index (χ4v) is 5.65. The van der Waals surface area contributed by atoms with Gasteiger partial charge in [0.15, 0.2) is 0 Å². The van der Waals surface area contributed by atoms with E-state index in [-0.39, 0.29) is 34.1 Å². The first-order valence-corrected chi connectivity index (χ1v) is 12.6. The largest absolute Gasteiger partial charge is 0.492 e. The van der Waals surface area contributed by atoms with Crippen molar-refractivity contribution >= 4 is 27.8 Å². The van der Waals surface area contributed by atoms with E-state index in [1.807, 2.05) is 13.8 Å². The number of ether oxygens (including phenoxy) is 1. The Morgan fingerprint density at radius 3 is 2.63 bits per heavy atom. The third kappa shape index (κ3) is 4.62. The van der Waals surface area contributed by atoms with Crippen LogP contribution in [0.2, 0.25) is 0 Å². The maximum atomic E-state index is 14.0. The van der Waals surface area contributed by atoms with Gasteiger partial charge in [-0.3, -0.25) is 4.72 Å². The molecule has 2 N–H and O–H groups in total. The molecule has 188 valence electrons. The van der Waals surface area contributed by atoms with Crippen LogP contribution in [0.15, 0.2) is 41.3 Å². The van der Waals surface area contributed by atoms with Crippen LogP contribution in [0.1, 0.15) is 41.3 Å². The molecule has 1 heterocycles. The van der Waals surface area contributed by atoms with Crippen LogP contribution in [0.25, 0.3) is 6.08 Å². The Bertz CT molecular complexity index is 1290. The zero-order valence-electron chi connectivity index (χ0n) is 19.1. The van der Waals surface area contributed by atoms with Crippen LogP contribution in [0.3, 0.4) is 0 Å². The summed E-state index contributed by atoms with van der Waals surface area (Å²) in [5.41, 5.74) is -0.765. The minimum Gasteiger partial charge on any atom is -0.492 e. The molecule has 1 aliphatic carbocycles. The number of carboxylic acid groups (broad SMARTS) is 1. The monoisotopic (exact) mass is 510 g/mol. The number of carboxylic acids is 1. The molecule has 7 nitrogen and oxygen atoms in total. The standard InChI is InChI=1S/C24H25F3N2O5S/c1-3-29(4-2)11-5-6-14-12-15(25)7-10-19(14)35(32,33)28-18-9-8-16-21-17(24(21,26)27)13-34-22(16)20(18)23(30)31/h5-10,12,17,21,28H,3-4,11,13H2,1-2H3,(H,30,31)/t17-,21+/m1/s1. The van der Waals surface area contributed by atoms with Gasteiger partial charge in [-0.1, -0.05) is 32.1 Å². The van der Waals surface area contributed by atoms with Gasteiger partial charge in [0.25, 0.3) is 15.9 Å². The van der Waals surface area contributed by atoms with Crippen molar-refractivity contribution in [2.75, 3.05) is 31.0 Å². The lowest BCUT2D eigenvalue weighted by atomic mass is 10.0. The molecule has 11 heteroatoms. The molecule has 0 unspecified atom stereocenters. The predicted octanol–water partition coefficient (Wildman–Crippen LogP) is 4.42. The number of sulfonamides is 1. The Labute approximate surface area is 201 Å². The van der Waals surface area contributed by atoms with E-state index in [1.165, 1.54) is 12.1 Å². The summed E-state index contributed by atoms with van der Waals surface area (Å²) in [5, 5.41) is 9.76. The molecule has 2 aromatic carbocycles. The number of hydrogen-bond donors (Lipinski definition) is 2. The molecule has 35 heavy (non-hydrogen) atoms. The molecule has 1 aliphatic heterocycles. The Morgan fingerprint density at radius 1 is 1.26 bits per heavy atom. The average molecular weight is 511 g/mol. The number of halogens is 3. The summed E-state index contributed by atoms with van der Waals surface area (Å²) in [4.78, 5) is 13.8. The molecule has 2 aromatic rings. The first kappa shape index (κ1) is 25.1. The minimum atomic E-state index is -4.38. The number of benzene rings is 2. The molecule has 1 fully saturated rings. The van der Waals surface area contributed by atoms with E-state index in [2.05, 4.69) is 9.62 Å². The lowest BCUT2D eigenvalue weighted by Gasteiger charge is -2.20. The van der Waals surface area contributed by atoms with Crippen molar-refractivity contribution in [2.45, 2.75) is 30.6 Å². The van der Waals surface area contributed by atoms with Gasteiger partial charge in [0.1, 0.15) is 17.1 Å². The number of hydrogen-bond acceptors (Lipinski definition) is 5. The number of aromatic carboxylic acids is 1. The van der Waals surface area contributed by atoms with E-state index in [9.17, 15) is 31.5 Å². The smallest absolute Gasteiger partial charge is 0.341 e. The second-order valence-electron chi connectivity index (χ2n) is 8.46. The van der Waals surface area contributed by atoms with Crippen molar-refractivity contribution in [1.82, 2.24) is 4.90 Å². The Morgan fingerprint density at radius 2 is 1.97 bits per heavy atom. The molecule has 0 amide bonds. The topological polar surface area (TPSA) is 95.9 Å². The third-order valence-corrected chi connectivity index (χ3v) is 7.85. The van der Waals surface area contributed by atoms with Crippen LogP contribution in [0.4, 0.5) is 18.9 Å². The molecule has 1 saturated carbocycles. The minimum absolute atomic E-state index is 0.0356. The van der Waals surface area contributed by atoms with Crippen molar-refractivity contribution in [3.05, 3.63) is 58.9 Å². The number of alkyl halides is 2. The number of rotatable bonds is 9. The van der Waals surface area contributed by atoms with Crippen molar-refractivity contribution in [3.63, 3.8) is 0 Å². The number of carbonyl (C=O) groups is 1. The number of anilines is 1. The van der Waals surface area contributed by atoms with Gasteiger partial charge in [0, 0.05) is 12.1 Å². The van der Waals surface area contributed by atoms with Gasteiger partial charge in [0.05, 0.1) is 29.0 Å². The van der Waals surface area contributed by atoms with Gasteiger partial charge in [0.2, 0.25) is 0 Å². The first-order chi connectivity index (χ1) is 16.5. The quantitative estimate of drug-likeness (QED) is 0.519. The molecule has 2 atom stereocenters. The Hall–Kier alpha value is -3.05. The van der Waals surface area contributed by atoms with E-state index in [4.69, 9.17) is 4.74 Å². The highest BCUT2D eigenvalue weighted by Crippen LogP contribution is 2.65. The number of nitrogens with one attached hydrogen (secondary N) is 1. The summed E-state index contributed by atoms with van der Waals surface area (Å²) in [5.74, 6) is -7.61. The van der Waals surface area contributed by atoms with E-state index in [1.54, 1.807) is 6.08 Å². The highest BCUT2D eigenvalue weighted by Gasteiger charge is 2.71. The second-order valence-corrected chi connectivity index (χ2v) is 10.1. The maximum Gasteiger partial charge on any atom is 0.341 e. The Kier molecular flexibility index (Phi) is 6.58. The van der Waals surface area contributed by atoms with E-state index in [0.717, 1.165) is 37.4 Å². The van der Waals surface area contributed by atoms with Crippen LogP contribution in [0, 0.1) is 11.7 Å². The first-order valence-electron chi connectivity index (χ1n) is 11.1. The summed E-state index contributed by atoms with van der Waals surface area (Å²) in [6.45, 7) is 5.68. The highest BCUT2D eigenvalue weighted by atomic mass is 32.2. The number of likely N-dealkylation sites (N-methyl/N-ethyl adjacent to an activating group) is 1. The van der Waals surface area contributed by atoms with Crippen molar-refractivity contribution in [3.8, 4) is 5.75 Å². The molecule has 0 radical (unpaired) electrons. The molecule has 2 aliphatic rings. The van der Waals surface area contributed by atoms with Gasteiger partial charge in [-0.25, -0.2) is 26.4 Å². The van der Waals surface area contributed by atoms with Crippen LogP contribution in [-0.2, 0) is 10.0 Å². The maximum absolute atomic E-state index is 14.0. The van der Waals surface area contributed by atoms with E-state index in [0.29, 0.717) is 6.54 Å². The average Bonchev–Trinajstić information content (AvgIpc) is 3.37. The van der Waals surface area contributed by atoms with Crippen LogP contribution in [-0.4, -0.2) is 56.6 Å². The number of fused-ring (bicyclic) bond motifs is 3. The van der Waals surface area contributed by atoms with Crippen molar-refractivity contribution in [2.24, 2.45) is 5.92 Å².